The van der Waals surface area contributed by atoms with Crippen molar-refractivity contribution in [1.29, 1.82) is 0 Å². The molecule has 0 amide bonds. The zero-order chi connectivity index (χ0) is 8.15. The minimum atomic E-state index is -0.611. The second kappa shape index (κ2) is 4.39. The molecular weight excluding hydrogens is 133 g/mol. The third-order valence-electron chi connectivity index (χ3n) is 1.33. The van der Waals surface area contributed by atoms with Crippen molar-refractivity contribution in [3.05, 3.63) is 0 Å². The molecule has 60 valence electrons. The molecule has 0 aromatic carbocycles. The van der Waals surface area contributed by atoms with Crippen molar-refractivity contribution in [1.82, 2.24) is 5.54 Å². The lowest BCUT2D eigenvalue weighted by Crippen LogP contribution is -2.30. The smallest absolute Gasteiger partial charge is 0.149 e. The molecule has 0 rings (SSSR count). The number of nitrogens with one attached hydrogen (secondary N) is 1. The molecule has 0 saturated carbocycles. The first-order valence-corrected chi connectivity index (χ1v) is 3.44. The minimum absolute atomic E-state index is 0.142. The highest BCUT2D eigenvalue weighted by molar-refractivity contribution is 5.81. The summed E-state index contributed by atoms with van der Waals surface area (Å²) >= 11 is 0. The lowest BCUT2D eigenvalue weighted by molar-refractivity contribution is -0.120. The van der Waals surface area contributed by atoms with Gasteiger partial charge in [0.05, 0.1) is 6.04 Å². The van der Waals surface area contributed by atoms with Gasteiger partial charge in [0.25, 0.3) is 0 Å². The highest BCUT2D eigenvalue weighted by Gasteiger charge is 2.14. The zero-order valence-electron chi connectivity index (χ0n) is 6.65. The number of hydrogen-bond donors (Lipinski definition) is 1. The van der Waals surface area contributed by atoms with E-state index in [1.807, 2.05) is 13.8 Å². The zero-order valence-corrected chi connectivity index (χ0v) is 6.65. The maximum atomic E-state index is 11.8. The van der Waals surface area contributed by atoms with E-state index in [4.69, 9.17) is 0 Å². The first kappa shape index (κ1) is 9.56. The van der Waals surface area contributed by atoms with Gasteiger partial charge in [-0.05, 0) is 19.3 Å². The Bertz CT molecular complexity index is 114. The van der Waals surface area contributed by atoms with Crippen LogP contribution in [0.2, 0.25) is 0 Å². The molecule has 0 bridgehead atoms. The number of rotatable bonds is 4. The largest absolute Gasteiger partial charge is 0.298 e. The Balaban J connectivity index is 3.72. The Kier molecular flexibility index (Phi) is 4.19. The molecule has 0 aromatic rings. The van der Waals surface area contributed by atoms with Gasteiger partial charge in [0.2, 0.25) is 0 Å². The molecule has 0 aromatic heterocycles. The standard InChI is InChI=1S/C7H14FNO/c1-5(2)4-7(9-8)6(3)10/h5,7,9H,4H2,1-3H3/t7-/m0/s1. The normalized spacial score (nSPS) is 13.7. The van der Waals surface area contributed by atoms with Crippen molar-refractivity contribution < 1.29 is 9.28 Å². The van der Waals surface area contributed by atoms with E-state index in [2.05, 4.69) is 0 Å². The van der Waals surface area contributed by atoms with E-state index in [1.54, 1.807) is 0 Å². The molecule has 0 aliphatic carbocycles. The van der Waals surface area contributed by atoms with Gasteiger partial charge in [0.1, 0.15) is 5.78 Å². The number of hydrogen-bond acceptors (Lipinski definition) is 2. The van der Waals surface area contributed by atoms with Crippen LogP contribution in [0, 0.1) is 5.92 Å². The molecule has 2 nitrogen and oxygen atoms in total. The molecule has 0 aliphatic rings. The first-order valence-electron chi connectivity index (χ1n) is 3.44. The molecule has 0 radical (unpaired) electrons. The van der Waals surface area contributed by atoms with Crippen LogP contribution in [0.4, 0.5) is 4.48 Å². The summed E-state index contributed by atoms with van der Waals surface area (Å²) in [6.07, 6.45) is 0.561. The van der Waals surface area contributed by atoms with Crippen molar-refractivity contribution in [2.45, 2.75) is 33.2 Å². The van der Waals surface area contributed by atoms with Crippen LogP contribution < -0.4 is 5.54 Å². The molecule has 10 heavy (non-hydrogen) atoms. The fourth-order valence-corrected chi connectivity index (χ4v) is 0.759. The van der Waals surface area contributed by atoms with E-state index in [0.29, 0.717) is 12.3 Å². The Labute approximate surface area is 60.7 Å². The molecule has 1 atom stereocenters. The number of Topliss-reactive ketones (excluding diaryl/α,β-unsaturated/α-hetero) is 1. The van der Waals surface area contributed by atoms with Crippen molar-refractivity contribution in [3.63, 3.8) is 0 Å². The molecule has 0 heterocycles. The van der Waals surface area contributed by atoms with Crippen LogP contribution in [0.25, 0.3) is 0 Å². The fourth-order valence-electron chi connectivity index (χ4n) is 0.759. The minimum Gasteiger partial charge on any atom is -0.298 e. The van der Waals surface area contributed by atoms with Crippen LogP contribution >= 0.6 is 0 Å². The Morgan fingerprint density at radius 1 is 1.60 bits per heavy atom. The number of carbonyl (C=O) groups excluding carboxylic acids is 1. The van der Waals surface area contributed by atoms with Crippen molar-refractivity contribution in [3.8, 4) is 0 Å². The summed E-state index contributed by atoms with van der Waals surface area (Å²) in [6, 6.07) is -0.611. The predicted molar refractivity (Wildman–Crippen MR) is 38.2 cm³/mol. The number of halogens is 1. The Morgan fingerprint density at radius 3 is 2.20 bits per heavy atom. The second-order valence-electron chi connectivity index (χ2n) is 2.90. The maximum absolute atomic E-state index is 11.8. The van der Waals surface area contributed by atoms with E-state index >= 15 is 0 Å². The van der Waals surface area contributed by atoms with E-state index < -0.39 is 6.04 Å². The van der Waals surface area contributed by atoms with E-state index in [0.717, 1.165) is 0 Å². The van der Waals surface area contributed by atoms with Gasteiger partial charge >= 0.3 is 0 Å². The van der Waals surface area contributed by atoms with Crippen LogP contribution in [0.1, 0.15) is 27.2 Å². The van der Waals surface area contributed by atoms with Crippen molar-refractivity contribution >= 4 is 5.78 Å². The van der Waals surface area contributed by atoms with Crippen molar-refractivity contribution in [2.75, 3.05) is 0 Å². The number of ketones is 1. The van der Waals surface area contributed by atoms with Crippen LogP contribution in [-0.4, -0.2) is 11.8 Å². The third-order valence-corrected chi connectivity index (χ3v) is 1.33. The second-order valence-corrected chi connectivity index (χ2v) is 2.90. The van der Waals surface area contributed by atoms with Crippen molar-refractivity contribution in [2.24, 2.45) is 5.92 Å². The first-order chi connectivity index (χ1) is 4.57. The van der Waals surface area contributed by atoms with Crippen LogP contribution in [0.5, 0.6) is 0 Å². The average Bonchev–Trinajstić information content (AvgIpc) is 1.81. The van der Waals surface area contributed by atoms with Gasteiger partial charge in [-0.3, -0.25) is 4.79 Å². The summed E-state index contributed by atoms with van der Waals surface area (Å²) in [5.74, 6) is 0.202. The van der Waals surface area contributed by atoms with Gasteiger partial charge in [0, 0.05) is 0 Å². The summed E-state index contributed by atoms with van der Waals surface area (Å²) in [5, 5.41) is 0. The molecule has 0 saturated heterocycles. The van der Waals surface area contributed by atoms with E-state index in [9.17, 15) is 9.28 Å². The fraction of sp³-hybridized carbons (Fsp3) is 0.857. The van der Waals surface area contributed by atoms with E-state index in [1.165, 1.54) is 12.5 Å². The highest BCUT2D eigenvalue weighted by atomic mass is 19.2. The molecule has 0 aliphatic heterocycles. The maximum Gasteiger partial charge on any atom is 0.149 e. The quantitative estimate of drug-likeness (QED) is 0.610. The molecule has 0 fully saturated rings. The monoisotopic (exact) mass is 147 g/mol. The lowest BCUT2D eigenvalue weighted by atomic mass is 10.0. The van der Waals surface area contributed by atoms with Gasteiger partial charge in [0.15, 0.2) is 0 Å². The van der Waals surface area contributed by atoms with Gasteiger partial charge in [-0.25, -0.2) is 0 Å². The van der Waals surface area contributed by atoms with Gasteiger partial charge < -0.3 is 0 Å². The van der Waals surface area contributed by atoms with Crippen LogP contribution in [-0.2, 0) is 4.79 Å². The summed E-state index contributed by atoms with van der Waals surface area (Å²) in [6.45, 7) is 5.29. The summed E-state index contributed by atoms with van der Waals surface area (Å²) in [5.41, 5.74) is 1.48. The topological polar surface area (TPSA) is 29.1 Å². The molecular formula is C7H14FNO. The third kappa shape index (κ3) is 3.56. The van der Waals surface area contributed by atoms with Crippen LogP contribution in [0.3, 0.4) is 0 Å². The molecule has 0 spiro atoms. The van der Waals surface area contributed by atoms with Gasteiger partial charge in [-0.2, -0.15) is 0 Å². The van der Waals surface area contributed by atoms with E-state index in [-0.39, 0.29) is 5.78 Å². The highest BCUT2D eigenvalue weighted by Crippen LogP contribution is 2.04. The number of carbonyl (C=O) groups is 1. The SMILES string of the molecule is CC(=O)[C@H](CC(C)C)NF. The summed E-state index contributed by atoms with van der Waals surface area (Å²) in [4.78, 5) is 10.6. The molecule has 3 heteroatoms. The van der Waals surface area contributed by atoms with Gasteiger partial charge in [-0.1, -0.05) is 13.8 Å². The summed E-state index contributed by atoms with van der Waals surface area (Å²) < 4.78 is 11.8. The predicted octanol–water partition coefficient (Wildman–Crippen LogP) is 1.46. The average molecular weight is 147 g/mol. The Morgan fingerprint density at radius 2 is 2.10 bits per heavy atom. The van der Waals surface area contributed by atoms with Crippen LogP contribution in [0.15, 0.2) is 0 Å². The summed E-state index contributed by atoms with van der Waals surface area (Å²) in [7, 11) is 0. The van der Waals surface area contributed by atoms with Gasteiger partial charge in [-0.15, -0.1) is 10.0 Å². The molecule has 1 N–H and O–H groups in total. The Hall–Kier alpha value is -0.440. The molecule has 0 unspecified atom stereocenters. The lowest BCUT2D eigenvalue weighted by Gasteiger charge is -2.11.